The van der Waals surface area contributed by atoms with E-state index in [9.17, 15) is 0 Å². The molecule has 0 spiro atoms. The van der Waals surface area contributed by atoms with Crippen molar-refractivity contribution in [3.8, 4) is 5.75 Å². The van der Waals surface area contributed by atoms with Crippen molar-refractivity contribution in [1.29, 1.82) is 0 Å². The molecule has 2 aromatic rings. The van der Waals surface area contributed by atoms with Gasteiger partial charge in [-0.1, -0.05) is 39.1 Å². The minimum absolute atomic E-state index is 0.223. The van der Waals surface area contributed by atoms with Gasteiger partial charge in [0.15, 0.2) is 0 Å². The maximum atomic E-state index is 6.33. The monoisotopic (exact) mass is 385 g/mol. The maximum Gasteiger partial charge on any atom is 0.125 e. The molecule has 0 aromatic heterocycles. The van der Waals surface area contributed by atoms with Gasteiger partial charge in [-0.15, -0.1) is 0 Å². The fourth-order valence-electron chi connectivity index (χ4n) is 2.64. The molecule has 1 atom stereocenters. The Kier molecular flexibility index (Phi) is 4.46. The molecule has 2 N–H and O–H groups in total. The summed E-state index contributed by atoms with van der Waals surface area (Å²) >= 11 is 15.8. The predicted octanol–water partition coefficient (Wildman–Crippen LogP) is 4.93. The molecule has 3 rings (SSSR count). The molecule has 0 saturated heterocycles. The zero-order valence-corrected chi connectivity index (χ0v) is 14.3. The van der Waals surface area contributed by atoms with Gasteiger partial charge in [0.1, 0.15) is 5.75 Å². The summed E-state index contributed by atoms with van der Waals surface area (Å²) in [5.74, 6) is 0.965. The van der Waals surface area contributed by atoms with Gasteiger partial charge in [-0.2, -0.15) is 0 Å². The first-order valence-electron chi connectivity index (χ1n) is 6.69. The molecule has 0 radical (unpaired) electrons. The number of benzene rings is 2. The van der Waals surface area contributed by atoms with Crippen LogP contribution in [-0.4, -0.2) is 6.61 Å². The lowest BCUT2D eigenvalue weighted by Crippen LogP contribution is -2.14. The van der Waals surface area contributed by atoms with Crippen molar-refractivity contribution in [2.24, 2.45) is 5.73 Å². The molecule has 0 aliphatic carbocycles. The Morgan fingerprint density at radius 2 is 2.05 bits per heavy atom. The van der Waals surface area contributed by atoms with Gasteiger partial charge < -0.3 is 10.5 Å². The fourth-order valence-corrected chi connectivity index (χ4v) is 3.63. The van der Waals surface area contributed by atoms with Crippen LogP contribution in [0.15, 0.2) is 34.8 Å². The van der Waals surface area contributed by atoms with E-state index in [0.717, 1.165) is 34.4 Å². The lowest BCUT2D eigenvalue weighted by atomic mass is 9.97. The molecule has 0 saturated carbocycles. The molecular formula is C16H14BrCl2NO. The molecule has 0 bridgehead atoms. The van der Waals surface area contributed by atoms with Crippen LogP contribution in [0.3, 0.4) is 0 Å². The van der Waals surface area contributed by atoms with Gasteiger partial charge in [-0.25, -0.2) is 0 Å². The number of fused-ring (bicyclic) bond motifs is 1. The van der Waals surface area contributed by atoms with Crippen molar-refractivity contribution in [1.82, 2.24) is 0 Å². The molecule has 0 amide bonds. The lowest BCUT2D eigenvalue weighted by Gasteiger charge is -2.16. The number of halogens is 3. The molecule has 110 valence electrons. The van der Waals surface area contributed by atoms with Crippen molar-refractivity contribution in [3.05, 3.63) is 61.5 Å². The van der Waals surface area contributed by atoms with E-state index in [-0.39, 0.29) is 6.04 Å². The molecule has 0 fully saturated rings. The molecule has 1 unspecified atom stereocenters. The first-order valence-corrected chi connectivity index (χ1v) is 8.24. The van der Waals surface area contributed by atoms with Crippen molar-refractivity contribution < 1.29 is 4.74 Å². The van der Waals surface area contributed by atoms with Crippen LogP contribution in [0, 0.1) is 0 Å². The molecule has 1 heterocycles. The number of rotatable bonds is 3. The van der Waals surface area contributed by atoms with E-state index in [1.807, 2.05) is 6.07 Å². The van der Waals surface area contributed by atoms with Crippen LogP contribution in [0.5, 0.6) is 5.75 Å². The quantitative estimate of drug-likeness (QED) is 0.811. The first-order chi connectivity index (χ1) is 10.0. The molecule has 5 heteroatoms. The van der Waals surface area contributed by atoms with E-state index in [1.54, 1.807) is 12.1 Å². The minimum atomic E-state index is -0.223. The summed E-state index contributed by atoms with van der Waals surface area (Å²) in [5, 5.41) is 1.28. The topological polar surface area (TPSA) is 35.2 Å². The van der Waals surface area contributed by atoms with Crippen LogP contribution in [0.4, 0.5) is 0 Å². The fraction of sp³-hybridized carbons (Fsp3) is 0.250. The van der Waals surface area contributed by atoms with E-state index < -0.39 is 0 Å². The van der Waals surface area contributed by atoms with Crippen molar-refractivity contribution >= 4 is 39.1 Å². The SMILES string of the molecule is NC(Cc1cc(Br)cc2c1OCC2)c1cc(Cl)ccc1Cl. The summed E-state index contributed by atoms with van der Waals surface area (Å²) in [4.78, 5) is 0. The van der Waals surface area contributed by atoms with Gasteiger partial charge in [0, 0.05) is 27.0 Å². The van der Waals surface area contributed by atoms with E-state index >= 15 is 0 Å². The van der Waals surface area contributed by atoms with Gasteiger partial charge in [-0.05, 0) is 53.4 Å². The Balaban J connectivity index is 1.92. The lowest BCUT2D eigenvalue weighted by molar-refractivity contribution is 0.352. The summed E-state index contributed by atoms with van der Waals surface area (Å²) in [5.41, 5.74) is 9.51. The molecule has 2 nitrogen and oxygen atoms in total. The van der Waals surface area contributed by atoms with E-state index in [1.165, 1.54) is 5.56 Å². The second kappa shape index (κ2) is 6.17. The third-order valence-corrected chi connectivity index (χ3v) is 4.66. The van der Waals surface area contributed by atoms with Gasteiger partial charge in [-0.3, -0.25) is 0 Å². The third-order valence-electron chi connectivity index (χ3n) is 3.62. The molecule has 2 aromatic carbocycles. The van der Waals surface area contributed by atoms with Gasteiger partial charge in [0.2, 0.25) is 0 Å². The Morgan fingerprint density at radius 3 is 2.86 bits per heavy atom. The highest BCUT2D eigenvalue weighted by molar-refractivity contribution is 9.10. The highest BCUT2D eigenvalue weighted by Gasteiger charge is 2.20. The maximum absolute atomic E-state index is 6.33. The van der Waals surface area contributed by atoms with Gasteiger partial charge >= 0.3 is 0 Å². The summed E-state index contributed by atoms with van der Waals surface area (Å²) in [6.07, 6.45) is 1.59. The van der Waals surface area contributed by atoms with E-state index in [4.69, 9.17) is 33.7 Å². The van der Waals surface area contributed by atoms with Crippen LogP contribution in [0.25, 0.3) is 0 Å². The summed E-state index contributed by atoms with van der Waals surface area (Å²) in [6, 6.07) is 9.31. The molecule has 21 heavy (non-hydrogen) atoms. The third kappa shape index (κ3) is 3.21. The second-order valence-electron chi connectivity index (χ2n) is 5.13. The second-order valence-corrected chi connectivity index (χ2v) is 6.89. The van der Waals surface area contributed by atoms with Gasteiger partial charge in [0.25, 0.3) is 0 Å². The van der Waals surface area contributed by atoms with E-state index in [2.05, 4.69) is 28.1 Å². The van der Waals surface area contributed by atoms with E-state index in [0.29, 0.717) is 16.5 Å². The van der Waals surface area contributed by atoms with Crippen molar-refractivity contribution in [2.75, 3.05) is 6.61 Å². The smallest absolute Gasteiger partial charge is 0.125 e. The number of hydrogen-bond acceptors (Lipinski definition) is 2. The Labute approximate surface area is 142 Å². The Bertz CT molecular complexity index is 690. The van der Waals surface area contributed by atoms with Crippen LogP contribution in [0.1, 0.15) is 22.7 Å². The van der Waals surface area contributed by atoms with Gasteiger partial charge in [0.05, 0.1) is 6.61 Å². The molecule has 1 aliphatic heterocycles. The Morgan fingerprint density at radius 1 is 1.24 bits per heavy atom. The highest BCUT2D eigenvalue weighted by atomic mass is 79.9. The average molecular weight is 387 g/mol. The van der Waals surface area contributed by atoms with Crippen LogP contribution in [0.2, 0.25) is 10.0 Å². The summed E-state index contributed by atoms with van der Waals surface area (Å²) < 4.78 is 6.79. The van der Waals surface area contributed by atoms with Crippen LogP contribution < -0.4 is 10.5 Å². The van der Waals surface area contributed by atoms with Crippen molar-refractivity contribution in [3.63, 3.8) is 0 Å². The average Bonchev–Trinajstić information content (AvgIpc) is 2.89. The predicted molar refractivity (Wildman–Crippen MR) is 90.4 cm³/mol. The molecular weight excluding hydrogens is 373 g/mol. The largest absolute Gasteiger partial charge is 0.493 e. The van der Waals surface area contributed by atoms with Crippen LogP contribution >= 0.6 is 39.1 Å². The van der Waals surface area contributed by atoms with Crippen LogP contribution in [-0.2, 0) is 12.8 Å². The normalized spacial score (nSPS) is 14.7. The number of nitrogens with two attached hydrogens (primary N) is 1. The Hall–Kier alpha value is -0.740. The zero-order chi connectivity index (χ0) is 15.0. The minimum Gasteiger partial charge on any atom is -0.493 e. The number of hydrogen-bond donors (Lipinski definition) is 1. The number of ether oxygens (including phenoxy) is 1. The summed E-state index contributed by atoms with van der Waals surface area (Å²) in [6.45, 7) is 0.728. The highest BCUT2D eigenvalue weighted by Crippen LogP contribution is 2.36. The van der Waals surface area contributed by atoms with Crippen molar-refractivity contribution in [2.45, 2.75) is 18.9 Å². The molecule has 1 aliphatic rings. The standard InChI is InChI=1S/C16H14BrCl2NO/c17-11-5-9-3-4-21-16(9)10(6-11)7-15(20)13-8-12(18)1-2-14(13)19/h1-2,5-6,8,15H,3-4,7,20H2. The first kappa shape index (κ1) is 15.2. The summed E-state index contributed by atoms with van der Waals surface area (Å²) in [7, 11) is 0. The zero-order valence-electron chi connectivity index (χ0n) is 11.2.